The molecule has 13 heteroatoms. The Balaban J connectivity index is 1.43. The molecule has 0 saturated heterocycles. The zero-order chi connectivity index (χ0) is 31.9. The molecule has 4 aromatic rings. The molecule has 0 bridgehead atoms. The molecule has 0 aliphatic rings. The topological polar surface area (TPSA) is 87.3 Å². The molecule has 0 radical (unpaired) electrons. The molecule has 0 unspecified atom stereocenters. The highest BCUT2D eigenvalue weighted by Gasteiger charge is 2.34. The maximum Gasteiger partial charge on any atom is 0.418 e. The van der Waals surface area contributed by atoms with Crippen LogP contribution in [0.25, 0.3) is 6.08 Å². The Morgan fingerprint density at radius 1 is 0.795 bits per heavy atom. The van der Waals surface area contributed by atoms with Crippen molar-refractivity contribution in [3.8, 4) is 0 Å². The van der Waals surface area contributed by atoms with E-state index in [0.29, 0.717) is 26.7 Å². The van der Waals surface area contributed by atoms with E-state index in [-0.39, 0.29) is 21.5 Å². The van der Waals surface area contributed by atoms with Crippen LogP contribution in [-0.2, 0) is 15.8 Å². The fourth-order valence-corrected chi connectivity index (χ4v) is 5.08. The van der Waals surface area contributed by atoms with Crippen LogP contribution in [0.2, 0.25) is 15.1 Å². The van der Waals surface area contributed by atoms with Crippen molar-refractivity contribution in [2.75, 3.05) is 16.4 Å². The number of carbonyl (C=O) groups excluding carboxylic acids is 3. The number of amides is 3. The van der Waals surface area contributed by atoms with Crippen molar-refractivity contribution in [1.82, 2.24) is 5.32 Å². The summed E-state index contributed by atoms with van der Waals surface area (Å²) in [5.74, 6) is -1.97. The van der Waals surface area contributed by atoms with Crippen molar-refractivity contribution >= 4 is 81.7 Å². The summed E-state index contributed by atoms with van der Waals surface area (Å²) in [5, 5.41) is 8.15. The predicted octanol–water partition coefficient (Wildman–Crippen LogP) is 8.81. The third-order valence-corrected chi connectivity index (χ3v) is 7.64. The lowest BCUT2D eigenvalue weighted by Crippen LogP contribution is -2.30. The number of carbonyl (C=O) groups is 3. The van der Waals surface area contributed by atoms with Crippen LogP contribution in [-0.4, -0.2) is 23.5 Å². The first kappa shape index (κ1) is 32.9. The van der Waals surface area contributed by atoms with E-state index in [9.17, 15) is 27.6 Å². The molecule has 0 heterocycles. The van der Waals surface area contributed by atoms with E-state index in [4.69, 9.17) is 34.8 Å². The zero-order valence-electron chi connectivity index (χ0n) is 22.3. The van der Waals surface area contributed by atoms with Crippen LogP contribution in [0.3, 0.4) is 0 Å². The van der Waals surface area contributed by atoms with Gasteiger partial charge >= 0.3 is 6.18 Å². The second-order valence-electron chi connectivity index (χ2n) is 9.05. The van der Waals surface area contributed by atoms with Crippen LogP contribution in [0.5, 0.6) is 0 Å². The maximum atomic E-state index is 13.3. The number of thioether (sulfide) groups is 1. The third kappa shape index (κ3) is 9.27. The summed E-state index contributed by atoms with van der Waals surface area (Å²) in [5.41, 5.74) is -0.366. The van der Waals surface area contributed by atoms with Gasteiger partial charge in [0.05, 0.1) is 17.0 Å². The minimum atomic E-state index is -4.69. The largest absolute Gasteiger partial charge is 0.418 e. The van der Waals surface area contributed by atoms with Gasteiger partial charge in [0, 0.05) is 31.2 Å². The Morgan fingerprint density at radius 2 is 1.45 bits per heavy atom. The summed E-state index contributed by atoms with van der Waals surface area (Å²) in [4.78, 5) is 39.1. The van der Waals surface area contributed by atoms with Crippen LogP contribution < -0.4 is 16.0 Å². The van der Waals surface area contributed by atoms with Gasteiger partial charge in [0.15, 0.2) is 0 Å². The minimum Gasteiger partial charge on any atom is -0.325 e. The molecule has 0 fully saturated rings. The Labute approximate surface area is 269 Å². The summed E-state index contributed by atoms with van der Waals surface area (Å²) in [7, 11) is 0. The smallest absolute Gasteiger partial charge is 0.325 e. The second kappa shape index (κ2) is 14.7. The van der Waals surface area contributed by atoms with Gasteiger partial charge in [-0.15, -0.1) is 11.8 Å². The van der Waals surface area contributed by atoms with E-state index in [0.717, 1.165) is 23.9 Å². The number of benzene rings is 4. The van der Waals surface area contributed by atoms with Gasteiger partial charge in [-0.2, -0.15) is 13.2 Å². The minimum absolute atomic E-state index is 0.0846. The molecular weight excluding hydrogens is 658 g/mol. The van der Waals surface area contributed by atoms with E-state index >= 15 is 0 Å². The van der Waals surface area contributed by atoms with Crippen LogP contribution >= 0.6 is 46.6 Å². The zero-order valence-corrected chi connectivity index (χ0v) is 25.4. The Hall–Kier alpha value is -3.96. The van der Waals surface area contributed by atoms with Crippen LogP contribution in [0, 0.1) is 0 Å². The molecule has 0 spiro atoms. The van der Waals surface area contributed by atoms with Crippen molar-refractivity contribution in [2.45, 2.75) is 11.1 Å². The van der Waals surface area contributed by atoms with Gasteiger partial charge in [-0.1, -0.05) is 59.1 Å². The van der Waals surface area contributed by atoms with Gasteiger partial charge in [-0.25, -0.2) is 0 Å². The first-order valence-electron chi connectivity index (χ1n) is 12.6. The SMILES string of the molecule is O=C(CSc1ccc(NC(=O)/C(=C/c2ccc(Cl)cc2Cl)NC(=O)c2ccccc2)cc1)Nc1ccc(Cl)cc1C(F)(F)F. The van der Waals surface area contributed by atoms with Gasteiger partial charge < -0.3 is 16.0 Å². The molecule has 6 nitrogen and oxygen atoms in total. The van der Waals surface area contributed by atoms with Gasteiger partial charge in [-0.05, 0) is 78.4 Å². The molecule has 3 amide bonds. The normalized spacial score (nSPS) is 11.5. The van der Waals surface area contributed by atoms with Crippen molar-refractivity contribution in [3.05, 3.63) is 128 Å². The van der Waals surface area contributed by atoms with Crippen molar-refractivity contribution < 1.29 is 27.6 Å². The number of nitrogens with one attached hydrogen (secondary N) is 3. The highest BCUT2D eigenvalue weighted by Crippen LogP contribution is 2.36. The Bertz CT molecular complexity index is 1720. The standard InChI is InChI=1S/C31H21Cl3F3N3O3S/c32-20-8-13-26(24(15-20)31(35,36)37)39-28(41)17-44-23-11-9-22(10-12-23)38-30(43)27(14-19-6-7-21(33)16-25(19)34)40-29(42)18-4-2-1-3-5-18/h1-16H,17H2,(H,38,43)(H,39,41)(H,40,42)/b27-14-. The van der Waals surface area contributed by atoms with Crippen molar-refractivity contribution in [2.24, 2.45) is 0 Å². The molecule has 0 aliphatic carbocycles. The number of halogens is 6. The lowest BCUT2D eigenvalue weighted by molar-refractivity contribution is -0.137. The first-order valence-corrected chi connectivity index (χ1v) is 14.7. The highest BCUT2D eigenvalue weighted by atomic mass is 35.5. The lowest BCUT2D eigenvalue weighted by Gasteiger charge is -2.14. The van der Waals surface area contributed by atoms with Gasteiger partial charge in [0.25, 0.3) is 11.8 Å². The molecule has 4 rings (SSSR count). The van der Waals surface area contributed by atoms with Gasteiger partial charge in [-0.3, -0.25) is 14.4 Å². The molecule has 226 valence electrons. The fraction of sp³-hybridized carbons (Fsp3) is 0.0645. The number of hydrogen-bond donors (Lipinski definition) is 3. The van der Waals surface area contributed by atoms with E-state index < -0.39 is 35.1 Å². The maximum absolute atomic E-state index is 13.3. The number of rotatable bonds is 9. The number of anilines is 2. The van der Waals surface area contributed by atoms with Crippen LogP contribution in [0.1, 0.15) is 21.5 Å². The first-order chi connectivity index (χ1) is 20.9. The molecule has 0 aromatic heterocycles. The summed E-state index contributed by atoms with van der Waals surface area (Å²) >= 11 is 19.0. The van der Waals surface area contributed by atoms with Gasteiger partial charge in [0.2, 0.25) is 5.91 Å². The fourth-order valence-electron chi connectivity index (χ4n) is 3.74. The highest BCUT2D eigenvalue weighted by molar-refractivity contribution is 8.00. The Kier molecular flexibility index (Phi) is 11.0. The molecule has 3 N–H and O–H groups in total. The number of alkyl halides is 3. The molecule has 44 heavy (non-hydrogen) atoms. The van der Waals surface area contributed by atoms with Gasteiger partial charge in [0.1, 0.15) is 5.70 Å². The van der Waals surface area contributed by atoms with Crippen LogP contribution in [0.15, 0.2) is 102 Å². The average Bonchev–Trinajstić information content (AvgIpc) is 2.98. The summed E-state index contributed by atoms with van der Waals surface area (Å²) in [6.07, 6.45) is -3.27. The van der Waals surface area contributed by atoms with Crippen molar-refractivity contribution in [3.63, 3.8) is 0 Å². The summed E-state index contributed by atoms with van der Waals surface area (Å²) < 4.78 is 39.9. The lowest BCUT2D eigenvalue weighted by atomic mass is 10.1. The third-order valence-electron chi connectivity index (χ3n) is 5.83. The summed E-state index contributed by atoms with van der Waals surface area (Å²) in [6, 6.07) is 22.5. The monoisotopic (exact) mass is 677 g/mol. The van der Waals surface area contributed by atoms with E-state index in [1.54, 1.807) is 66.7 Å². The molecule has 0 atom stereocenters. The predicted molar refractivity (Wildman–Crippen MR) is 169 cm³/mol. The molecule has 0 aliphatic heterocycles. The Morgan fingerprint density at radius 3 is 2.11 bits per heavy atom. The van der Waals surface area contributed by atoms with E-state index in [1.165, 1.54) is 18.2 Å². The second-order valence-corrected chi connectivity index (χ2v) is 11.4. The van der Waals surface area contributed by atoms with Crippen LogP contribution in [0.4, 0.5) is 24.5 Å². The number of hydrogen-bond acceptors (Lipinski definition) is 4. The molecule has 0 saturated carbocycles. The quantitative estimate of drug-likeness (QED) is 0.122. The van der Waals surface area contributed by atoms with E-state index in [1.807, 2.05) is 0 Å². The average molecular weight is 679 g/mol. The molecule has 4 aromatic carbocycles. The summed E-state index contributed by atoms with van der Waals surface area (Å²) in [6.45, 7) is 0. The van der Waals surface area contributed by atoms with E-state index in [2.05, 4.69) is 16.0 Å². The molecular formula is C31H21Cl3F3N3O3S. The van der Waals surface area contributed by atoms with Crippen molar-refractivity contribution in [1.29, 1.82) is 0 Å².